The zero-order valence-electron chi connectivity index (χ0n) is 13.8. The number of ether oxygens (including phenoxy) is 2. The van der Waals surface area contributed by atoms with Gasteiger partial charge in [-0.1, -0.05) is 6.92 Å². The van der Waals surface area contributed by atoms with Gasteiger partial charge in [0.2, 0.25) is 0 Å². The summed E-state index contributed by atoms with van der Waals surface area (Å²) in [5.41, 5.74) is 1.46. The molecule has 0 aliphatic rings. The fourth-order valence-corrected chi connectivity index (χ4v) is 2.04. The maximum absolute atomic E-state index is 13.8. The van der Waals surface area contributed by atoms with Gasteiger partial charge in [0.05, 0.1) is 12.7 Å². The molecule has 1 rings (SSSR count). The summed E-state index contributed by atoms with van der Waals surface area (Å²) >= 11 is 0. The van der Waals surface area contributed by atoms with Crippen molar-refractivity contribution in [2.45, 2.75) is 53.2 Å². The highest BCUT2D eigenvalue weighted by Gasteiger charge is 2.14. The van der Waals surface area contributed by atoms with Gasteiger partial charge < -0.3 is 14.8 Å². The Bertz CT molecular complexity index is 435. The lowest BCUT2D eigenvalue weighted by Crippen LogP contribution is -2.21. The maximum Gasteiger partial charge on any atom is 0.126 e. The van der Waals surface area contributed by atoms with Gasteiger partial charge in [0, 0.05) is 11.6 Å². The van der Waals surface area contributed by atoms with E-state index in [0.717, 1.165) is 24.3 Å². The van der Waals surface area contributed by atoms with Crippen LogP contribution in [0.25, 0.3) is 0 Å². The van der Waals surface area contributed by atoms with Crippen molar-refractivity contribution in [3.8, 4) is 5.75 Å². The van der Waals surface area contributed by atoms with Crippen LogP contribution in [0.5, 0.6) is 5.75 Å². The molecule has 0 fully saturated rings. The average Bonchev–Trinajstić information content (AvgIpc) is 2.44. The van der Waals surface area contributed by atoms with E-state index < -0.39 is 0 Å². The first kappa shape index (κ1) is 17.9. The molecule has 1 unspecified atom stereocenters. The summed E-state index contributed by atoms with van der Waals surface area (Å²) in [6.45, 7) is 11.8. The zero-order valence-corrected chi connectivity index (χ0v) is 13.8. The van der Waals surface area contributed by atoms with E-state index in [2.05, 4.69) is 12.2 Å². The van der Waals surface area contributed by atoms with Gasteiger partial charge in [-0.3, -0.25) is 0 Å². The molecule has 1 aromatic rings. The third-order valence-electron chi connectivity index (χ3n) is 3.25. The molecule has 1 N–H and O–H groups in total. The largest absolute Gasteiger partial charge is 0.491 e. The molecule has 0 saturated heterocycles. The molecule has 0 bridgehead atoms. The van der Waals surface area contributed by atoms with Crippen molar-refractivity contribution in [3.05, 3.63) is 29.1 Å². The van der Waals surface area contributed by atoms with Gasteiger partial charge in [-0.25, -0.2) is 4.39 Å². The first-order chi connectivity index (χ1) is 9.95. The Hall–Kier alpha value is -1.13. The van der Waals surface area contributed by atoms with Crippen molar-refractivity contribution in [1.82, 2.24) is 5.32 Å². The predicted octanol–water partition coefficient (Wildman–Crippen LogP) is 4.00. The molecule has 1 aromatic carbocycles. The van der Waals surface area contributed by atoms with Crippen LogP contribution in [0, 0.1) is 12.7 Å². The molecule has 3 nitrogen and oxygen atoms in total. The van der Waals surface area contributed by atoms with Crippen LogP contribution in [0.15, 0.2) is 12.1 Å². The van der Waals surface area contributed by atoms with E-state index in [1.54, 1.807) is 19.1 Å². The smallest absolute Gasteiger partial charge is 0.126 e. The highest BCUT2D eigenvalue weighted by atomic mass is 19.1. The Kier molecular flexibility index (Phi) is 7.68. The van der Waals surface area contributed by atoms with Crippen LogP contribution >= 0.6 is 0 Å². The minimum absolute atomic E-state index is 0.0565. The summed E-state index contributed by atoms with van der Waals surface area (Å²) in [6.07, 6.45) is 1.23. The van der Waals surface area contributed by atoms with Crippen molar-refractivity contribution in [1.29, 1.82) is 0 Å². The molecule has 0 radical (unpaired) electrons. The third kappa shape index (κ3) is 6.02. The molecule has 120 valence electrons. The Balaban J connectivity index is 2.77. The number of hydrogen-bond donors (Lipinski definition) is 1. The van der Waals surface area contributed by atoms with Crippen molar-refractivity contribution in [2.24, 2.45) is 0 Å². The fourth-order valence-electron chi connectivity index (χ4n) is 2.04. The Labute approximate surface area is 127 Å². The van der Waals surface area contributed by atoms with Crippen LogP contribution in [-0.2, 0) is 4.74 Å². The van der Waals surface area contributed by atoms with Crippen LogP contribution in [-0.4, -0.2) is 25.9 Å². The SMILES string of the molecule is CCCNC(C)c1cc(F)c(C)cc1OCCOC(C)C. The van der Waals surface area contributed by atoms with Crippen molar-refractivity contribution >= 4 is 0 Å². The summed E-state index contributed by atoms with van der Waals surface area (Å²) in [6, 6.07) is 3.40. The molecule has 0 spiro atoms. The van der Waals surface area contributed by atoms with Crippen molar-refractivity contribution in [2.75, 3.05) is 19.8 Å². The van der Waals surface area contributed by atoms with Gasteiger partial charge in [0.15, 0.2) is 0 Å². The number of aryl methyl sites for hydroxylation is 1. The normalized spacial score (nSPS) is 12.7. The summed E-state index contributed by atoms with van der Waals surface area (Å²) in [5, 5.41) is 3.37. The standard InChI is InChI=1S/C17H28FNO2/c1-6-7-19-14(5)15-11-16(18)13(4)10-17(15)21-9-8-20-12(2)3/h10-12,14,19H,6-9H2,1-5H3. The number of hydrogen-bond acceptors (Lipinski definition) is 3. The van der Waals surface area contributed by atoms with Crippen LogP contribution in [0.3, 0.4) is 0 Å². The Morgan fingerprint density at radius 1 is 1.19 bits per heavy atom. The van der Waals surface area contributed by atoms with Gasteiger partial charge in [-0.15, -0.1) is 0 Å². The first-order valence-electron chi connectivity index (χ1n) is 7.73. The molecule has 4 heteroatoms. The van der Waals surface area contributed by atoms with E-state index >= 15 is 0 Å². The quantitative estimate of drug-likeness (QED) is 0.699. The Morgan fingerprint density at radius 2 is 1.90 bits per heavy atom. The molecular formula is C17H28FNO2. The molecule has 0 aromatic heterocycles. The number of rotatable bonds is 9. The lowest BCUT2D eigenvalue weighted by atomic mass is 10.0. The second kappa shape index (κ2) is 9.00. The predicted molar refractivity (Wildman–Crippen MR) is 84.4 cm³/mol. The zero-order chi connectivity index (χ0) is 15.8. The van der Waals surface area contributed by atoms with Gasteiger partial charge in [-0.05, 0) is 58.4 Å². The number of halogens is 1. The topological polar surface area (TPSA) is 30.5 Å². The molecule has 0 saturated carbocycles. The van der Waals surface area contributed by atoms with E-state index in [-0.39, 0.29) is 18.0 Å². The highest BCUT2D eigenvalue weighted by Crippen LogP contribution is 2.28. The van der Waals surface area contributed by atoms with Gasteiger partial charge >= 0.3 is 0 Å². The summed E-state index contributed by atoms with van der Waals surface area (Å²) in [7, 11) is 0. The molecular weight excluding hydrogens is 269 g/mol. The second-order valence-corrected chi connectivity index (χ2v) is 5.58. The molecule has 0 heterocycles. The van der Waals surface area contributed by atoms with E-state index in [0.29, 0.717) is 18.8 Å². The number of benzene rings is 1. The average molecular weight is 297 g/mol. The van der Waals surface area contributed by atoms with Gasteiger partial charge in [-0.2, -0.15) is 0 Å². The van der Waals surface area contributed by atoms with Crippen LogP contribution in [0.2, 0.25) is 0 Å². The van der Waals surface area contributed by atoms with Crippen molar-refractivity contribution in [3.63, 3.8) is 0 Å². The van der Waals surface area contributed by atoms with Crippen LogP contribution < -0.4 is 10.1 Å². The molecule has 1 atom stereocenters. The van der Waals surface area contributed by atoms with E-state index in [4.69, 9.17) is 9.47 Å². The van der Waals surface area contributed by atoms with E-state index in [1.807, 2.05) is 20.8 Å². The first-order valence-corrected chi connectivity index (χ1v) is 7.73. The van der Waals surface area contributed by atoms with Crippen molar-refractivity contribution < 1.29 is 13.9 Å². The molecule has 0 aliphatic heterocycles. The highest BCUT2D eigenvalue weighted by molar-refractivity contribution is 5.40. The van der Waals surface area contributed by atoms with Gasteiger partial charge in [0.25, 0.3) is 0 Å². The Morgan fingerprint density at radius 3 is 2.52 bits per heavy atom. The molecule has 0 aliphatic carbocycles. The lowest BCUT2D eigenvalue weighted by molar-refractivity contribution is 0.0549. The maximum atomic E-state index is 13.8. The van der Waals surface area contributed by atoms with E-state index in [9.17, 15) is 4.39 Å². The summed E-state index contributed by atoms with van der Waals surface area (Å²) in [5.74, 6) is 0.540. The minimum Gasteiger partial charge on any atom is -0.491 e. The van der Waals surface area contributed by atoms with Gasteiger partial charge in [0.1, 0.15) is 18.2 Å². The van der Waals surface area contributed by atoms with E-state index in [1.165, 1.54) is 0 Å². The number of nitrogens with one attached hydrogen (secondary N) is 1. The lowest BCUT2D eigenvalue weighted by Gasteiger charge is -2.19. The summed E-state index contributed by atoms with van der Waals surface area (Å²) < 4.78 is 25.1. The second-order valence-electron chi connectivity index (χ2n) is 5.58. The minimum atomic E-state index is -0.194. The van der Waals surface area contributed by atoms with Crippen LogP contribution in [0.4, 0.5) is 4.39 Å². The molecule has 0 amide bonds. The fraction of sp³-hybridized carbons (Fsp3) is 0.647. The molecule has 21 heavy (non-hydrogen) atoms. The monoisotopic (exact) mass is 297 g/mol. The van der Waals surface area contributed by atoms with Crippen LogP contribution in [0.1, 0.15) is 51.3 Å². The summed E-state index contributed by atoms with van der Waals surface area (Å²) in [4.78, 5) is 0. The third-order valence-corrected chi connectivity index (χ3v) is 3.25.